The lowest BCUT2D eigenvalue weighted by Gasteiger charge is -2.30. The van der Waals surface area contributed by atoms with E-state index in [2.05, 4.69) is 17.6 Å². The maximum Gasteiger partial charge on any atom is 0.238 e. The minimum absolute atomic E-state index is 0.125. The van der Waals surface area contributed by atoms with Crippen LogP contribution in [-0.4, -0.2) is 43.5 Å². The van der Waals surface area contributed by atoms with Crippen molar-refractivity contribution in [2.45, 2.75) is 20.3 Å². The van der Waals surface area contributed by atoms with E-state index in [9.17, 15) is 13.6 Å². The Morgan fingerprint density at radius 3 is 2.64 bits per heavy atom. The molecular formula is C16H23F2N3O. The van der Waals surface area contributed by atoms with Crippen LogP contribution in [0.5, 0.6) is 0 Å². The highest BCUT2D eigenvalue weighted by Gasteiger charge is 2.30. The molecule has 2 rings (SSSR count). The molecule has 1 fully saturated rings. The molecule has 0 bridgehead atoms. The number of benzene rings is 1. The van der Waals surface area contributed by atoms with E-state index in [1.165, 1.54) is 6.07 Å². The van der Waals surface area contributed by atoms with Crippen LogP contribution in [-0.2, 0) is 4.79 Å². The third kappa shape index (κ3) is 4.24. The smallest absolute Gasteiger partial charge is 0.238 e. The van der Waals surface area contributed by atoms with Gasteiger partial charge in [0.05, 0.1) is 6.54 Å². The fourth-order valence-corrected chi connectivity index (χ4v) is 2.82. The topological polar surface area (TPSA) is 44.4 Å². The number of amides is 1. The van der Waals surface area contributed by atoms with Gasteiger partial charge in [0.2, 0.25) is 5.91 Å². The van der Waals surface area contributed by atoms with E-state index in [0.717, 1.165) is 38.2 Å². The molecule has 1 aliphatic rings. The summed E-state index contributed by atoms with van der Waals surface area (Å²) in [4.78, 5) is 14.1. The van der Waals surface area contributed by atoms with Gasteiger partial charge in [-0.1, -0.05) is 19.9 Å². The van der Waals surface area contributed by atoms with Gasteiger partial charge < -0.3 is 10.6 Å². The van der Waals surface area contributed by atoms with Gasteiger partial charge in [-0.3, -0.25) is 9.69 Å². The predicted octanol–water partition coefficient (Wildman–Crippen LogP) is 2.22. The second-order valence-corrected chi connectivity index (χ2v) is 6.19. The second-order valence-electron chi connectivity index (χ2n) is 6.19. The van der Waals surface area contributed by atoms with Gasteiger partial charge in [-0.05, 0) is 37.1 Å². The first-order valence-corrected chi connectivity index (χ1v) is 7.60. The highest BCUT2D eigenvalue weighted by atomic mass is 19.1. The van der Waals surface area contributed by atoms with E-state index in [4.69, 9.17) is 0 Å². The lowest BCUT2D eigenvalue weighted by Crippen LogP contribution is -2.41. The monoisotopic (exact) mass is 311 g/mol. The SMILES string of the molecule is CCN(CC(=O)Nc1c(F)cccc1F)CC1(C)CCNC1. The van der Waals surface area contributed by atoms with Crippen molar-refractivity contribution in [1.82, 2.24) is 10.2 Å². The Morgan fingerprint density at radius 2 is 2.09 bits per heavy atom. The van der Waals surface area contributed by atoms with Gasteiger partial charge in [0.15, 0.2) is 0 Å². The van der Waals surface area contributed by atoms with E-state index in [1.807, 2.05) is 11.8 Å². The van der Waals surface area contributed by atoms with Crippen molar-refractivity contribution in [3.05, 3.63) is 29.8 Å². The summed E-state index contributed by atoms with van der Waals surface area (Å²) in [6, 6.07) is 3.52. The molecule has 1 saturated heterocycles. The number of rotatable bonds is 6. The van der Waals surface area contributed by atoms with Crippen molar-refractivity contribution in [1.29, 1.82) is 0 Å². The number of hydrogen-bond acceptors (Lipinski definition) is 3. The lowest BCUT2D eigenvalue weighted by atomic mass is 9.89. The highest BCUT2D eigenvalue weighted by Crippen LogP contribution is 2.25. The molecule has 6 heteroatoms. The zero-order chi connectivity index (χ0) is 16.2. The molecule has 22 heavy (non-hydrogen) atoms. The number of nitrogens with one attached hydrogen (secondary N) is 2. The van der Waals surface area contributed by atoms with Crippen LogP contribution < -0.4 is 10.6 Å². The maximum atomic E-state index is 13.5. The second kappa shape index (κ2) is 7.15. The van der Waals surface area contributed by atoms with Crippen molar-refractivity contribution in [3.63, 3.8) is 0 Å². The number of nitrogens with zero attached hydrogens (tertiary/aromatic N) is 1. The van der Waals surface area contributed by atoms with Crippen molar-refractivity contribution in [2.75, 3.05) is 38.0 Å². The Balaban J connectivity index is 1.94. The molecule has 1 aliphatic heterocycles. The van der Waals surface area contributed by atoms with Gasteiger partial charge in [0.25, 0.3) is 0 Å². The number of carbonyl (C=O) groups is 1. The Bertz CT molecular complexity index is 510. The molecule has 1 heterocycles. The third-order valence-corrected chi connectivity index (χ3v) is 4.10. The zero-order valence-corrected chi connectivity index (χ0v) is 13.1. The molecule has 1 aromatic carbocycles. The first-order chi connectivity index (χ1) is 10.4. The van der Waals surface area contributed by atoms with Crippen molar-refractivity contribution < 1.29 is 13.6 Å². The summed E-state index contributed by atoms with van der Waals surface area (Å²) in [5, 5.41) is 5.66. The fraction of sp³-hybridized carbons (Fsp3) is 0.562. The average molecular weight is 311 g/mol. The largest absolute Gasteiger partial charge is 0.320 e. The highest BCUT2D eigenvalue weighted by molar-refractivity contribution is 5.92. The van der Waals surface area contributed by atoms with Gasteiger partial charge in [-0.15, -0.1) is 0 Å². The van der Waals surface area contributed by atoms with Crippen molar-refractivity contribution >= 4 is 11.6 Å². The van der Waals surface area contributed by atoms with E-state index < -0.39 is 17.5 Å². The molecule has 1 amide bonds. The van der Waals surface area contributed by atoms with Gasteiger partial charge in [0, 0.05) is 13.1 Å². The molecule has 1 aromatic rings. The van der Waals surface area contributed by atoms with Crippen LogP contribution in [0.2, 0.25) is 0 Å². The quantitative estimate of drug-likeness (QED) is 0.847. The normalized spacial score (nSPS) is 21.3. The summed E-state index contributed by atoms with van der Waals surface area (Å²) in [6.07, 6.45) is 1.06. The maximum absolute atomic E-state index is 13.5. The summed E-state index contributed by atoms with van der Waals surface area (Å²) >= 11 is 0. The van der Waals surface area contributed by atoms with E-state index in [0.29, 0.717) is 6.54 Å². The minimum Gasteiger partial charge on any atom is -0.320 e. The summed E-state index contributed by atoms with van der Waals surface area (Å²) < 4.78 is 27.1. The van der Waals surface area contributed by atoms with Crippen LogP contribution in [0.25, 0.3) is 0 Å². The third-order valence-electron chi connectivity index (χ3n) is 4.10. The number of halogens is 2. The number of anilines is 1. The zero-order valence-electron chi connectivity index (χ0n) is 13.1. The molecule has 0 radical (unpaired) electrons. The number of hydrogen-bond donors (Lipinski definition) is 2. The first-order valence-electron chi connectivity index (χ1n) is 7.60. The van der Waals surface area contributed by atoms with Gasteiger partial charge in [0.1, 0.15) is 17.3 Å². The van der Waals surface area contributed by atoms with Crippen molar-refractivity contribution in [2.24, 2.45) is 5.41 Å². The van der Waals surface area contributed by atoms with Gasteiger partial charge >= 0.3 is 0 Å². The molecule has 1 unspecified atom stereocenters. The van der Waals surface area contributed by atoms with Crippen LogP contribution in [0, 0.1) is 17.0 Å². The van der Waals surface area contributed by atoms with E-state index in [1.54, 1.807) is 0 Å². The molecule has 122 valence electrons. The van der Waals surface area contributed by atoms with E-state index in [-0.39, 0.29) is 17.6 Å². The number of carbonyl (C=O) groups excluding carboxylic acids is 1. The number of para-hydroxylation sites is 1. The fourth-order valence-electron chi connectivity index (χ4n) is 2.82. The molecule has 1 atom stereocenters. The summed E-state index contributed by atoms with van der Waals surface area (Å²) in [6.45, 7) is 7.69. The van der Waals surface area contributed by atoms with Crippen LogP contribution in [0.15, 0.2) is 18.2 Å². The van der Waals surface area contributed by atoms with Crippen LogP contribution in [0.4, 0.5) is 14.5 Å². The molecule has 0 spiro atoms. The Labute approximate surface area is 129 Å². The van der Waals surface area contributed by atoms with Crippen molar-refractivity contribution in [3.8, 4) is 0 Å². The lowest BCUT2D eigenvalue weighted by molar-refractivity contribution is -0.117. The minimum atomic E-state index is -0.761. The molecular weight excluding hydrogens is 288 g/mol. The standard InChI is InChI=1S/C16H23F2N3O/c1-3-21(11-16(2)7-8-19-10-16)9-14(22)20-15-12(17)5-4-6-13(15)18/h4-6,19H,3,7-11H2,1-2H3,(H,20,22). The van der Waals surface area contributed by atoms with Gasteiger partial charge in [-0.2, -0.15) is 0 Å². The molecule has 0 aliphatic carbocycles. The van der Waals surface area contributed by atoms with E-state index >= 15 is 0 Å². The predicted molar refractivity (Wildman–Crippen MR) is 82.7 cm³/mol. The summed E-state index contributed by atoms with van der Waals surface area (Å²) in [7, 11) is 0. The number of likely N-dealkylation sites (N-methyl/N-ethyl adjacent to an activating group) is 1. The van der Waals surface area contributed by atoms with Crippen LogP contribution in [0.1, 0.15) is 20.3 Å². The molecule has 0 aromatic heterocycles. The molecule has 2 N–H and O–H groups in total. The Morgan fingerprint density at radius 1 is 1.41 bits per heavy atom. The molecule has 4 nitrogen and oxygen atoms in total. The Kier molecular flexibility index (Phi) is 5.47. The first kappa shape index (κ1) is 16.8. The summed E-state index contributed by atoms with van der Waals surface area (Å²) in [5.41, 5.74) is -0.239. The molecule has 0 saturated carbocycles. The van der Waals surface area contributed by atoms with Gasteiger partial charge in [-0.25, -0.2) is 8.78 Å². The van der Waals surface area contributed by atoms with Crippen LogP contribution >= 0.6 is 0 Å². The summed E-state index contributed by atoms with van der Waals surface area (Å²) in [5.74, 6) is -1.92. The van der Waals surface area contributed by atoms with Crippen LogP contribution in [0.3, 0.4) is 0 Å². The average Bonchev–Trinajstić information content (AvgIpc) is 2.89. The Hall–Kier alpha value is -1.53.